The van der Waals surface area contributed by atoms with Crippen LogP contribution in [0, 0.1) is 6.92 Å². The molecule has 1 aliphatic heterocycles. The molecule has 1 N–H and O–H groups in total. The molecule has 0 aliphatic carbocycles. The Balaban J connectivity index is 1.76. The Kier molecular flexibility index (Phi) is 7.12. The molecular weight excluding hydrogens is 390 g/mol. The van der Waals surface area contributed by atoms with E-state index in [-0.39, 0.29) is 12.0 Å². The molecule has 1 saturated heterocycles. The van der Waals surface area contributed by atoms with Crippen molar-refractivity contribution in [2.45, 2.75) is 19.9 Å². The number of hydrogen-bond acceptors (Lipinski definition) is 4. The summed E-state index contributed by atoms with van der Waals surface area (Å²) in [6.45, 7) is 6.27. The van der Waals surface area contributed by atoms with Gasteiger partial charge in [-0.3, -0.25) is 9.69 Å². The number of rotatable bonds is 5. The number of hydrogen-bond donors (Lipinski definition) is 1. The Bertz CT molecular complexity index is 852. The van der Waals surface area contributed by atoms with Gasteiger partial charge in [-0.05, 0) is 37.1 Å². The second-order valence-electron chi connectivity index (χ2n) is 6.99. The molecule has 0 unspecified atom stereocenters. The summed E-state index contributed by atoms with van der Waals surface area (Å²) in [4.78, 5) is 29.0. The van der Waals surface area contributed by atoms with Crippen LogP contribution in [0.3, 0.4) is 0 Å². The van der Waals surface area contributed by atoms with E-state index in [1.54, 1.807) is 17.9 Å². The lowest BCUT2D eigenvalue weighted by atomic mass is 10.0. The zero-order chi connectivity index (χ0) is 20.8. The van der Waals surface area contributed by atoms with Gasteiger partial charge in [0.15, 0.2) is 0 Å². The number of halogens is 1. The highest BCUT2D eigenvalue weighted by atomic mass is 35.5. The van der Waals surface area contributed by atoms with Crippen LogP contribution in [0.1, 0.15) is 24.1 Å². The van der Waals surface area contributed by atoms with Crippen molar-refractivity contribution < 1.29 is 14.3 Å². The third-order valence-electron chi connectivity index (χ3n) is 5.01. The maximum Gasteiger partial charge on any atom is 0.409 e. The van der Waals surface area contributed by atoms with E-state index >= 15 is 0 Å². The monoisotopic (exact) mass is 415 g/mol. The van der Waals surface area contributed by atoms with E-state index < -0.39 is 6.04 Å². The van der Waals surface area contributed by atoms with Crippen LogP contribution in [0.5, 0.6) is 0 Å². The summed E-state index contributed by atoms with van der Waals surface area (Å²) in [5.41, 5.74) is 2.53. The first-order valence-electron chi connectivity index (χ1n) is 9.77. The molecule has 0 bridgehead atoms. The van der Waals surface area contributed by atoms with Gasteiger partial charge in [0.1, 0.15) is 6.04 Å². The maximum atomic E-state index is 13.2. The molecule has 7 heteroatoms. The Morgan fingerprint density at radius 2 is 1.79 bits per heavy atom. The number of carbonyl (C=O) groups excluding carboxylic acids is 2. The van der Waals surface area contributed by atoms with Crippen LogP contribution in [0.4, 0.5) is 10.5 Å². The Morgan fingerprint density at radius 1 is 1.10 bits per heavy atom. The van der Waals surface area contributed by atoms with E-state index in [1.807, 2.05) is 49.4 Å². The van der Waals surface area contributed by atoms with Crippen molar-refractivity contribution in [1.82, 2.24) is 9.80 Å². The zero-order valence-corrected chi connectivity index (χ0v) is 17.5. The number of piperazine rings is 1. The van der Waals surface area contributed by atoms with Crippen LogP contribution in [0.15, 0.2) is 48.5 Å². The van der Waals surface area contributed by atoms with Crippen LogP contribution in [-0.2, 0) is 9.53 Å². The average Bonchev–Trinajstić information content (AvgIpc) is 2.72. The van der Waals surface area contributed by atoms with E-state index in [0.717, 1.165) is 11.1 Å². The molecule has 0 saturated carbocycles. The van der Waals surface area contributed by atoms with Gasteiger partial charge in [-0.2, -0.15) is 0 Å². The van der Waals surface area contributed by atoms with Crippen molar-refractivity contribution in [1.29, 1.82) is 0 Å². The van der Waals surface area contributed by atoms with Crippen molar-refractivity contribution in [3.8, 4) is 0 Å². The molecule has 0 radical (unpaired) electrons. The molecule has 1 heterocycles. The fourth-order valence-electron chi connectivity index (χ4n) is 3.42. The van der Waals surface area contributed by atoms with Crippen molar-refractivity contribution in [3.05, 3.63) is 64.7 Å². The SMILES string of the molecule is CCOC(=O)N1CCN([C@H](C(=O)Nc2ccc(C)c(Cl)c2)c2ccccc2)CC1. The van der Waals surface area contributed by atoms with Crippen LogP contribution in [0.25, 0.3) is 0 Å². The Labute approximate surface area is 176 Å². The smallest absolute Gasteiger partial charge is 0.409 e. The number of nitrogens with one attached hydrogen (secondary N) is 1. The Hall–Kier alpha value is -2.57. The summed E-state index contributed by atoms with van der Waals surface area (Å²) >= 11 is 6.20. The van der Waals surface area contributed by atoms with Gasteiger partial charge >= 0.3 is 6.09 Å². The van der Waals surface area contributed by atoms with Gasteiger partial charge in [-0.25, -0.2) is 4.79 Å². The summed E-state index contributed by atoms with van der Waals surface area (Å²) in [7, 11) is 0. The number of amides is 2. The van der Waals surface area contributed by atoms with Gasteiger partial charge in [0.25, 0.3) is 0 Å². The zero-order valence-electron chi connectivity index (χ0n) is 16.7. The molecule has 2 amide bonds. The predicted molar refractivity (Wildman–Crippen MR) is 114 cm³/mol. The molecule has 1 aliphatic rings. The average molecular weight is 416 g/mol. The minimum atomic E-state index is -0.458. The molecule has 2 aromatic rings. The van der Waals surface area contributed by atoms with E-state index in [9.17, 15) is 9.59 Å². The third kappa shape index (κ3) is 5.28. The van der Waals surface area contributed by atoms with Crippen molar-refractivity contribution in [3.63, 3.8) is 0 Å². The van der Waals surface area contributed by atoms with Crippen molar-refractivity contribution in [2.75, 3.05) is 38.1 Å². The van der Waals surface area contributed by atoms with E-state index in [0.29, 0.717) is 43.5 Å². The first-order valence-corrected chi connectivity index (χ1v) is 10.1. The largest absolute Gasteiger partial charge is 0.450 e. The highest BCUT2D eigenvalue weighted by Crippen LogP contribution is 2.26. The highest BCUT2D eigenvalue weighted by molar-refractivity contribution is 6.31. The number of carbonyl (C=O) groups is 2. The molecule has 0 aromatic heterocycles. The lowest BCUT2D eigenvalue weighted by molar-refractivity contribution is -0.122. The van der Waals surface area contributed by atoms with Gasteiger partial charge in [0.2, 0.25) is 5.91 Å². The highest BCUT2D eigenvalue weighted by Gasteiger charge is 2.32. The number of benzene rings is 2. The van der Waals surface area contributed by atoms with Gasteiger partial charge in [-0.15, -0.1) is 0 Å². The standard InChI is InChI=1S/C22H26ClN3O3/c1-3-29-22(28)26-13-11-25(12-14-26)20(17-7-5-4-6-8-17)21(27)24-18-10-9-16(2)19(23)15-18/h4-10,15,20H,3,11-14H2,1-2H3,(H,24,27)/t20-/m0/s1. The van der Waals surface area contributed by atoms with Crippen molar-refractivity contribution >= 4 is 29.3 Å². The fourth-order valence-corrected chi connectivity index (χ4v) is 3.60. The normalized spacial score (nSPS) is 15.6. The lowest BCUT2D eigenvalue weighted by Gasteiger charge is -2.38. The second-order valence-corrected chi connectivity index (χ2v) is 7.40. The van der Waals surface area contributed by atoms with Crippen molar-refractivity contribution in [2.24, 2.45) is 0 Å². The van der Waals surface area contributed by atoms with Gasteiger partial charge in [0, 0.05) is 36.9 Å². The molecule has 1 atom stereocenters. The predicted octanol–water partition coefficient (Wildman–Crippen LogP) is 4.10. The summed E-state index contributed by atoms with van der Waals surface area (Å²) in [5.74, 6) is -0.124. The Morgan fingerprint density at radius 3 is 2.41 bits per heavy atom. The summed E-state index contributed by atoms with van der Waals surface area (Å²) in [6, 6.07) is 14.7. The van der Waals surface area contributed by atoms with E-state index in [2.05, 4.69) is 10.2 Å². The second kappa shape index (κ2) is 9.76. The molecule has 3 rings (SSSR count). The minimum absolute atomic E-state index is 0.124. The maximum absolute atomic E-state index is 13.2. The summed E-state index contributed by atoms with van der Waals surface area (Å²) in [5, 5.41) is 3.60. The van der Waals surface area contributed by atoms with Crippen LogP contribution >= 0.6 is 11.6 Å². The number of anilines is 1. The van der Waals surface area contributed by atoms with Gasteiger partial charge < -0.3 is 15.0 Å². The summed E-state index contributed by atoms with van der Waals surface area (Å²) in [6.07, 6.45) is -0.304. The lowest BCUT2D eigenvalue weighted by Crippen LogP contribution is -2.51. The van der Waals surface area contributed by atoms with Crippen LogP contribution < -0.4 is 5.32 Å². The first kappa shape index (κ1) is 21.1. The molecule has 1 fully saturated rings. The van der Waals surface area contributed by atoms with E-state index in [1.165, 1.54) is 0 Å². The van der Waals surface area contributed by atoms with E-state index in [4.69, 9.17) is 16.3 Å². The van der Waals surface area contributed by atoms with Gasteiger partial charge in [0.05, 0.1) is 6.61 Å². The first-order chi connectivity index (χ1) is 14.0. The number of nitrogens with zero attached hydrogens (tertiary/aromatic N) is 2. The molecular formula is C22H26ClN3O3. The molecule has 2 aromatic carbocycles. The van der Waals surface area contributed by atoms with Gasteiger partial charge in [-0.1, -0.05) is 48.0 Å². The minimum Gasteiger partial charge on any atom is -0.450 e. The number of ether oxygens (including phenoxy) is 1. The van der Waals surface area contributed by atoms with Crippen LogP contribution in [-0.4, -0.2) is 54.6 Å². The summed E-state index contributed by atoms with van der Waals surface area (Å²) < 4.78 is 5.09. The topological polar surface area (TPSA) is 61.9 Å². The quantitative estimate of drug-likeness (QED) is 0.798. The molecule has 154 valence electrons. The third-order valence-corrected chi connectivity index (χ3v) is 5.42. The fraction of sp³-hybridized carbons (Fsp3) is 0.364. The molecule has 29 heavy (non-hydrogen) atoms. The molecule has 6 nitrogen and oxygen atoms in total. The van der Waals surface area contributed by atoms with Crippen LogP contribution in [0.2, 0.25) is 5.02 Å². The molecule has 0 spiro atoms. The number of aryl methyl sites for hydroxylation is 1.